The summed E-state index contributed by atoms with van der Waals surface area (Å²) in [6.45, 7) is 2.96. The molecule has 0 aliphatic carbocycles. The van der Waals surface area contributed by atoms with Crippen LogP contribution in [-0.4, -0.2) is 37.3 Å². The first-order valence-electron chi connectivity index (χ1n) is 6.31. The predicted molar refractivity (Wildman–Crippen MR) is 86.9 cm³/mol. The Labute approximate surface area is 127 Å². The molecule has 0 saturated heterocycles. The molecular formula is C13H21NO2S3. The first kappa shape index (κ1) is 16.9. The van der Waals surface area contributed by atoms with Gasteiger partial charge < -0.3 is 0 Å². The van der Waals surface area contributed by atoms with Crippen molar-refractivity contribution in [3.05, 3.63) is 29.8 Å². The molecule has 0 aromatic heterocycles. The molecule has 0 bridgehead atoms. The molecule has 6 heteroatoms. The Morgan fingerprint density at radius 1 is 1.00 bits per heavy atom. The van der Waals surface area contributed by atoms with Crippen LogP contribution in [0.1, 0.15) is 18.4 Å². The zero-order chi connectivity index (χ0) is 14.3. The van der Waals surface area contributed by atoms with E-state index in [4.69, 9.17) is 0 Å². The third-order valence-corrected chi connectivity index (χ3v) is 5.34. The predicted octanol–water partition coefficient (Wildman–Crippen LogP) is 2.63. The number of nitrogens with zero attached hydrogens (tertiary/aromatic N) is 1. The molecule has 0 spiro atoms. The van der Waals surface area contributed by atoms with Gasteiger partial charge in [-0.25, -0.2) is 8.42 Å². The van der Waals surface area contributed by atoms with Crippen molar-refractivity contribution in [1.29, 1.82) is 0 Å². The maximum Gasteiger partial charge on any atom is 0.243 e. The van der Waals surface area contributed by atoms with Gasteiger partial charge in [-0.05, 0) is 43.4 Å². The zero-order valence-corrected chi connectivity index (χ0v) is 13.7. The van der Waals surface area contributed by atoms with E-state index in [-0.39, 0.29) is 0 Å². The second-order valence-electron chi connectivity index (χ2n) is 4.37. The van der Waals surface area contributed by atoms with Crippen molar-refractivity contribution in [3.8, 4) is 0 Å². The number of thiol groups is 2. The molecule has 0 atom stereocenters. The SMILES string of the molecule is Cc1ccc(S(=O)(=O)N(CCCS)CCCS)cc1. The second-order valence-corrected chi connectivity index (χ2v) is 7.20. The molecule has 0 radical (unpaired) electrons. The first-order chi connectivity index (χ1) is 9.02. The molecule has 1 aromatic carbocycles. The maximum absolute atomic E-state index is 12.5. The summed E-state index contributed by atoms with van der Waals surface area (Å²) in [6, 6.07) is 6.97. The molecule has 3 nitrogen and oxygen atoms in total. The highest BCUT2D eigenvalue weighted by Crippen LogP contribution is 2.17. The van der Waals surface area contributed by atoms with Gasteiger partial charge in [0.1, 0.15) is 0 Å². The van der Waals surface area contributed by atoms with Crippen LogP contribution in [0, 0.1) is 6.92 Å². The summed E-state index contributed by atoms with van der Waals surface area (Å²) in [5.41, 5.74) is 1.05. The monoisotopic (exact) mass is 319 g/mol. The average molecular weight is 320 g/mol. The highest BCUT2D eigenvalue weighted by atomic mass is 32.2. The molecule has 1 aromatic rings. The van der Waals surface area contributed by atoms with E-state index >= 15 is 0 Å². The number of sulfonamides is 1. The largest absolute Gasteiger partial charge is 0.243 e. The van der Waals surface area contributed by atoms with Gasteiger partial charge in [-0.1, -0.05) is 17.7 Å². The van der Waals surface area contributed by atoms with Crippen LogP contribution in [-0.2, 0) is 10.0 Å². The summed E-state index contributed by atoms with van der Waals surface area (Å²) >= 11 is 8.29. The van der Waals surface area contributed by atoms with E-state index in [0.717, 1.165) is 18.4 Å². The highest BCUT2D eigenvalue weighted by molar-refractivity contribution is 7.89. The Hall–Kier alpha value is -0.170. The van der Waals surface area contributed by atoms with E-state index in [9.17, 15) is 8.42 Å². The topological polar surface area (TPSA) is 37.4 Å². The van der Waals surface area contributed by atoms with Crippen LogP contribution in [0.2, 0.25) is 0 Å². The van der Waals surface area contributed by atoms with E-state index < -0.39 is 10.0 Å². The second kappa shape index (κ2) is 8.19. The quantitative estimate of drug-likeness (QED) is 0.723. The van der Waals surface area contributed by atoms with E-state index in [0.29, 0.717) is 29.5 Å². The Balaban J connectivity index is 2.93. The van der Waals surface area contributed by atoms with Gasteiger partial charge in [0.15, 0.2) is 0 Å². The number of rotatable bonds is 8. The van der Waals surface area contributed by atoms with E-state index in [1.54, 1.807) is 12.1 Å². The van der Waals surface area contributed by atoms with Gasteiger partial charge in [-0.15, -0.1) is 0 Å². The molecule has 0 N–H and O–H groups in total. The van der Waals surface area contributed by atoms with Gasteiger partial charge in [0, 0.05) is 13.1 Å². The van der Waals surface area contributed by atoms with Crippen LogP contribution in [0.15, 0.2) is 29.2 Å². The van der Waals surface area contributed by atoms with Crippen molar-refractivity contribution in [1.82, 2.24) is 4.31 Å². The maximum atomic E-state index is 12.5. The summed E-state index contributed by atoms with van der Waals surface area (Å²) in [5.74, 6) is 1.36. The zero-order valence-electron chi connectivity index (χ0n) is 11.1. The van der Waals surface area contributed by atoms with Crippen LogP contribution in [0.4, 0.5) is 0 Å². The first-order valence-corrected chi connectivity index (χ1v) is 9.01. The van der Waals surface area contributed by atoms with Gasteiger partial charge in [0.2, 0.25) is 10.0 Å². The highest BCUT2D eigenvalue weighted by Gasteiger charge is 2.23. The van der Waals surface area contributed by atoms with Gasteiger partial charge >= 0.3 is 0 Å². The summed E-state index contributed by atoms with van der Waals surface area (Å²) in [4.78, 5) is 0.358. The van der Waals surface area contributed by atoms with Gasteiger partial charge in [0.05, 0.1) is 4.90 Å². The lowest BCUT2D eigenvalue weighted by atomic mass is 10.2. The molecule has 0 unspecified atom stereocenters. The van der Waals surface area contributed by atoms with Crippen LogP contribution in [0.5, 0.6) is 0 Å². The minimum Gasteiger partial charge on any atom is -0.207 e. The van der Waals surface area contributed by atoms with Crippen LogP contribution < -0.4 is 0 Å². The van der Waals surface area contributed by atoms with Gasteiger partial charge in [-0.3, -0.25) is 0 Å². The minimum atomic E-state index is -3.40. The summed E-state index contributed by atoms with van der Waals surface area (Å²) in [6.07, 6.45) is 1.50. The fourth-order valence-electron chi connectivity index (χ4n) is 1.71. The molecular weight excluding hydrogens is 298 g/mol. The lowest BCUT2D eigenvalue weighted by molar-refractivity contribution is 0.412. The summed E-state index contributed by atoms with van der Waals surface area (Å²) < 4.78 is 26.6. The fourth-order valence-corrected chi connectivity index (χ4v) is 3.51. The van der Waals surface area contributed by atoms with E-state index in [1.807, 2.05) is 19.1 Å². The Bertz CT molecular complexity index is 463. The number of hydrogen-bond donors (Lipinski definition) is 2. The molecule has 0 saturated carbocycles. The average Bonchev–Trinajstić information content (AvgIpc) is 2.39. The number of hydrogen-bond acceptors (Lipinski definition) is 4. The lowest BCUT2D eigenvalue weighted by Crippen LogP contribution is -2.33. The molecule has 0 aliphatic heterocycles. The number of benzene rings is 1. The molecule has 0 aliphatic rings. The molecule has 1 rings (SSSR count). The van der Waals surface area contributed by atoms with Crippen molar-refractivity contribution in [3.63, 3.8) is 0 Å². The summed E-state index contributed by atoms with van der Waals surface area (Å²) in [5, 5.41) is 0. The minimum absolute atomic E-state index is 0.358. The van der Waals surface area contributed by atoms with Crippen LogP contribution in [0.3, 0.4) is 0 Å². The fraction of sp³-hybridized carbons (Fsp3) is 0.538. The van der Waals surface area contributed by atoms with Crippen LogP contribution in [0.25, 0.3) is 0 Å². The number of aryl methyl sites for hydroxylation is 1. The van der Waals surface area contributed by atoms with Gasteiger partial charge in [-0.2, -0.15) is 29.6 Å². The van der Waals surface area contributed by atoms with Crippen molar-refractivity contribution >= 4 is 35.3 Å². The standard InChI is InChI=1S/C13H21NO2S3/c1-12-4-6-13(7-5-12)19(15,16)14(8-2-10-17)9-3-11-18/h4-7,17-18H,2-3,8-11H2,1H3. The third kappa shape index (κ3) is 5.02. The van der Waals surface area contributed by atoms with E-state index in [2.05, 4.69) is 25.3 Å². The lowest BCUT2D eigenvalue weighted by Gasteiger charge is -2.21. The third-order valence-electron chi connectivity index (χ3n) is 2.79. The molecule has 0 fully saturated rings. The molecule has 19 heavy (non-hydrogen) atoms. The smallest absolute Gasteiger partial charge is 0.207 e. The van der Waals surface area contributed by atoms with Gasteiger partial charge in [0.25, 0.3) is 0 Å². The summed E-state index contributed by atoms with van der Waals surface area (Å²) in [7, 11) is -3.40. The van der Waals surface area contributed by atoms with Crippen molar-refractivity contribution in [2.45, 2.75) is 24.7 Å². The van der Waals surface area contributed by atoms with Crippen molar-refractivity contribution < 1.29 is 8.42 Å². The molecule has 0 heterocycles. The van der Waals surface area contributed by atoms with Crippen molar-refractivity contribution in [2.24, 2.45) is 0 Å². The Morgan fingerprint density at radius 3 is 1.89 bits per heavy atom. The van der Waals surface area contributed by atoms with E-state index in [1.165, 1.54) is 4.31 Å². The van der Waals surface area contributed by atoms with Crippen molar-refractivity contribution in [2.75, 3.05) is 24.6 Å². The van der Waals surface area contributed by atoms with Crippen LogP contribution >= 0.6 is 25.3 Å². The molecule has 0 amide bonds. The Kier molecular flexibility index (Phi) is 7.28. The Morgan fingerprint density at radius 2 is 1.47 bits per heavy atom. The normalized spacial score (nSPS) is 12.0. The molecule has 108 valence electrons.